The highest BCUT2D eigenvalue weighted by atomic mass is 16.2. The van der Waals surface area contributed by atoms with Crippen LogP contribution in [0, 0.1) is 6.92 Å². The van der Waals surface area contributed by atoms with Crippen LogP contribution in [-0.4, -0.2) is 45.8 Å². The molecule has 1 fully saturated rings. The van der Waals surface area contributed by atoms with Crippen molar-refractivity contribution in [2.24, 2.45) is 0 Å². The maximum absolute atomic E-state index is 12.0. The minimum Gasteiger partial charge on any atom is -0.348 e. The van der Waals surface area contributed by atoms with Crippen molar-refractivity contribution in [2.45, 2.75) is 32.7 Å². The molecular weight excluding hydrogens is 232 g/mol. The molecule has 1 aliphatic heterocycles. The van der Waals surface area contributed by atoms with E-state index in [2.05, 4.69) is 15.3 Å². The molecule has 0 radical (unpaired) electrons. The van der Waals surface area contributed by atoms with Crippen molar-refractivity contribution in [3.8, 4) is 0 Å². The Balaban J connectivity index is 1.95. The molecule has 2 heterocycles. The maximum Gasteiger partial charge on any atom is 0.272 e. The lowest BCUT2D eigenvalue weighted by atomic mass is 10.1. The molecule has 1 saturated heterocycles. The number of aromatic amines is 1. The Labute approximate surface area is 106 Å². The van der Waals surface area contributed by atoms with Gasteiger partial charge in [-0.1, -0.05) is 0 Å². The quantitative estimate of drug-likeness (QED) is 0.800. The highest BCUT2D eigenvalue weighted by molar-refractivity contribution is 5.93. The molecule has 6 nitrogen and oxygen atoms in total. The number of carbonyl (C=O) groups is 2. The van der Waals surface area contributed by atoms with Gasteiger partial charge in [0.25, 0.3) is 5.91 Å². The molecule has 18 heavy (non-hydrogen) atoms. The van der Waals surface area contributed by atoms with Gasteiger partial charge in [-0.25, -0.2) is 4.98 Å². The summed E-state index contributed by atoms with van der Waals surface area (Å²) in [5.41, 5.74) is 1.18. The molecule has 0 aromatic carbocycles. The monoisotopic (exact) mass is 250 g/mol. The second-order valence-electron chi connectivity index (χ2n) is 4.65. The molecular formula is C12H18N4O2. The molecule has 2 amide bonds. The Hall–Kier alpha value is -1.85. The number of nitrogens with one attached hydrogen (secondary N) is 2. The van der Waals surface area contributed by atoms with E-state index in [0.717, 1.165) is 25.1 Å². The lowest BCUT2D eigenvalue weighted by molar-refractivity contribution is -0.130. The molecule has 0 bridgehead atoms. The summed E-state index contributed by atoms with van der Waals surface area (Å²) in [6.45, 7) is 4.74. The van der Waals surface area contributed by atoms with Gasteiger partial charge >= 0.3 is 0 Å². The third kappa shape index (κ3) is 2.69. The van der Waals surface area contributed by atoms with Gasteiger partial charge in [-0.2, -0.15) is 0 Å². The van der Waals surface area contributed by atoms with E-state index in [-0.39, 0.29) is 17.9 Å². The molecule has 0 unspecified atom stereocenters. The number of carbonyl (C=O) groups excluding carboxylic acids is 2. The van der Waals surface area contributed by atoms with Crippen LogP contribution in [0.3, 0.4) is 0 Å². The molecule has 0 spiro atoms. The van der Waals surface area contributed by atoms with Crippen molar-refractivity contribution >= 4 is 11.8 Å². The van der Waals surface area contributed by atoms with Crippen LogP contribution < -0.4 is 5.32 Å². The third-order valence-corrected chi connectivity index (χ3v) is 3.25. The van der Waals surface area contributed by atoms with Crippen LogP contribution in [0.4, 0.5) is 0 Å². The first-order valence-electron chi connectivity index (χ1n) is 6.14. The number of amides is 2. The number of aromatic nitrogens is 2. The summed E-state index contributed by atoms with van der Waals surface area (Å²) < 4.78 is 0. The minimum atomic E-state index is -0.177. The van der Waals surface area contributed by atoms with Gasteiger partial charge in [0.05, 0.1) is 6.33 Å². The maximum atomic E-state index is 12.0. The molecule has 1 aromatic heterocycles. The summed E-state index contributed by atoms with van der Waals surface area (Å²) in [6, 6.07) is 0.0197. The molecule has 2 rings (SSSR count). The Morgan fingerprint density at radius 1 is 1.56 bits per heavy atom. The first-order chi connectivity index (χ1) is 8.58. The Kier molecular flexibility index (Phi) is 3.64. The van der Waals surface area contributed by atoms with E-state index in [1.54, 1.807) is 11.8 Å². The van der Waals surface area contributed by atoms with Crippen LogP contribution in [0.15, 0.2) is 6.33 Å². The van der Waals surface area contributed by atoms with Crippen molar-refractivity contribution in [3.05, 3.63) is 17.7 Å². The predicted octanol–water partition coefficient (Wildman–Crippen LogP) is 0.459. The second-order valence-corrected chi connectivity index (χ2v) is 4.65. The number of likely N-dealkylation sites (tertiary alicyclic amines) is 1. The number of piperidine rings is 1. The fourth-order valence-corrected chi connectivity index (χ4v) is 2.22. The summed E-state index contributed by atoms with van der Waals surface area (Å²) in [5.74, 6) is -0.117. The van der Waals surface area contributed by atoms with Gasteiger partial charge in [-0.3, -0.25) is 9.59 Å². The zero-order chi connectivity index (χ0) is 13.1. The molecule has 0 saturated carbocycles. The molecule has 1 aromatic rings. The van der Waals surface area contributed by atoms with Crippen LogP contribution in [0.2, 0.25) is 0 Å². The number of aryl methyl sites for hydroxylation is 1. The number of rotatable bonds is 2. The average molecular weight is 250 g/mol. The Morgan fingerprint density at radius 3 is 2.94 bits per heavy atom. The smallest absolute Gasteiger partial charge is 0.272 e. The predicted molar refractivity (Wildman–Crippen MR) is 66.1 cm³/mol. The van der Waals surface area contributed by atoms with E-state index in [1.807, 2.05) is 6.92 Å². The summed E-state index contributed by atoms with van der Waals surface area (Å²) in [6.07, 6.45) is 3.33. The summed E-state index contributed by atoms with van der Waals surface area (Å²) in [7, 11) is 0. The summed E-state index contributed by atoms with van der Waals surface area (Å²) >= 11 is 0. The van der Waals surface area contributed by atoms with E-state index in [0.29, 0.717) is 12.2 Å². The highest BCUT2D eigenvalue weighted by Crippen LogP contribution is 2.11. The van der Waals surface area contributed by atoms with Crippen LogP contribution in [0.5, 0.6) is 0 Å². The summed E-state index contributed by atoms with van der Waals surface area (Å²) in [4.78, 5) is 31.9. The number of hydrogen-bond donors (Lipinski definition) is 2. The number of hydrogen-bond acceptors (Lipinski definition) is 3. The van der Waals surface area contributed by atoms with Crippen LogP contribution >= 0.6 is 0 Å². The summed E-state index contributed by atoms with van der Waals surface area (Å²) in [5, 5.41) is 2.93. The number of H-pyrrole nitrogens is 1. The van der Waals surface area contributed by atoms with Gasteiger partial charge in [-0.05, 0) is 19.8 Å². The van der Waals surface area contributed by atoms with Gasteiger partial charge in [0.2, 0.25) is 5.91 Å². The lowest BCUT2D eigenvalue weighted by Crippen LogP contribution is -2.49. The normalized spacial score (nSPS) is 19.7. The van der Waals surface area contributed by atoms with Gasteiger partial charge in [0.1, 0.15) is 5.69 Å². The zero-order valence-corrected chi connectivity index (χ0v) is 10.7. The van der Waals surface area contributed by atoms with Crippen molar-refractivity contribution in [3.63, 3.8) is 0 Å². The number of nitrogens with zero attached hydrogens (tertiary/aromatic N) is 2. The van der Waals surface area contributed by atoms with E-state index >= 15 is 0 Å². The van der Waals surface area contributed by atoms with Crippen molar-refractivity contribution in [1.82, 2.24) is 20.2 Å². The highest BCUT2D eigenvalue weighted by Gasteiger charge is 2.24. The Morgan fingerprint density at radius 2 is 2.33 bits per heavy atom. The van der Waals surface area contributed by atoms with E-state index in [9.17, 15) is 9.59 Å². The fourth-order valence-electron chi connectivity index (χ4n) is 2.22. The van der Waals surface area contributed by atoms with Crippen molar-refractivity contribution in [1.29, 1.82) is 0 Å². The molecule has 2 N–H and O–H groups in total. The van der Waals surface area contributed by atoms with E-state index in [1.165, 1.54) is 6.33 Å². The standard InChI is InChI=1S/C12H18N4O2/c1-8-11(14-7-13-8)12(18)15-10-4-3-5-16(6-10)9(2)17/h7,10H,3-6H2,1-2H3,(H,13,14)(H,15,18)/t10-/m0/s1. The first-order valence-corrected chi connectivity index (χ1v) is 6.14. The first kappa shape index (κ1) is 12.6. The van der Waals surface area contributed by atoms with Crippen LogP contribution in [-0.2, 0) is 4.79 Å². The molecule has 1 atom stereocenters. The average Bonchev–Trinajstić information content (AvgIpc) is 2.76. The second kappa shape index (κ2) is 5.20. The number of imidazole rings is 1. The molecule has 1 aliphatic rings. The largest absolute Gasteiger partial charge is 0.348 e. The fraction of sp³-hybridized carbons (Fsp3) is 0.583. The molecule has 6 heteroatoms. The third-order valence-electron chi connectivity index (χ3n) is 3.25. The van der Waals surface area contributed by atoms with Gasteiger partial charge in [-0.15, -0.1) is 0 Å². The van der Waals surface area contributed by atoms with Crippen molar-refractivity contribution < 1.29 is 9.59 Å². The van der Waals surface area contributed by atoms with E-state index < -0.39 is 0 Å². The SMILES string of the molecule is CC(=O)N1CCC[C@H](NC(=O)c2nc[nH]c2C)C1. The van der Waals surface area contributed by atoms with Crippen LogP contribution in [0.25, 0.3) is 0 Å². The molecule has 0 aliphatic carbocycles. The van der Waals surface area contributed by atoms with Crippen LogP contribution in [0.1, 0.15) is 35.9 Å². The Bertz CT molecular complexity index is 455. The van der Waals surface area contributed by atoms with Gasteiger partial charge < -0.3 is 15.2 Å². The van der Waals surface area contributed by atoms with E-state index in [4.69, 9.17) is 0 Å². The lowest BCUT2D eigenvalue weighted by Gasteiger charge is -2.32. The van der Waals surface area contributed by atoms with Crippen molar-refractivity contribution in [2.75, 3.05) is 13.1 Å². The topological polar surface area (TPSA) is 78.1 Å². The zero-order valence-electron chi connectivity index (χ0n) is 10.7. The van der Waals surface area contributed by atoms with Gasteiger partial charge in [0, 0.05) is 31.7 Å². The minimum absolute atomic E-state index is 0.0197. The van der Waals surface area contributed by atoms with Gasteiger partial charge in [0.15, 0.2) is 0 Å². The molecule has 98 valence electrons.